The Bertz CT molecular complexity index is 1320. The molecule has 0 bridgehead atoms. The number of carbonyl (C=O) groups is 2. The summed E-state index contributed by atoms with van der Waals surface area (Å²) in [7, 11) is 3.17. The maximum absolute atomic E-state index is 13.7. The second-order valence-corrected chi connectivity index (χ2v) is 7.77. The van der Waals surface area contributed by atoms with E-state index in [1.54, 1.807) is 50.6 Å². The van der Waals surface area contributed by atoms with Crippen molar-refractivity contribution in [2.75, 3.05) is 24.9 Å². The van der Waals surface area contributed by atoms with Crippen molar-refractivity contribution in [1.29, 1.82) is 0 Å². The summed E-state index contributed by atoms with van der Waals surface area (Å²) in [6.45, 7) is 0. The largest absolute Gasteiger partial charge is 0.495 e. The smallest absolute Gasteiger partial charge is 0.196 e. The van der Waals surface area contributed by atoms with Gasteiger partial charge in [-0.25, -0.2) is 0 Å². The Morgan fingerprint density at radius 2 is 0.882 bits per heavy atom. The van der Waals surface area contributed by atoms with Gasteiger partial charge in [-0.15, -0.1) is 0 Å². The minimum Gasteiger partial charge on any atom is -0.495 e. The average molecular weight is 450 g/mol. The van der Waals surface area contributed by atoms with E-state index in [1.807, 2.05) is 48.5 Å². The highest BCUT2D eigenvalue weighted by molar-refractivity contribution is 6.32. The molecule has 34 heavy (non-hydrogen) atoms. The van der Waals surface area contributed by atoms with E-state index in [2.05, 4.69) is 10.6 Å². The highest BCUT2D eigenvalue weighted by atomic mass is 16.5. The minimum absolute atomic E-state index is 0.216. The molecule has 6 heteroatoms. The van der Waals surface area contributed by atoms with Crippen molar-refractivity contribution in [3.05, 3.63) is 107 Å². The van der Waals surface area contributed by atoms with Crippen molar-refractivity contribution in [3.8, 4) is 11.5 Å². The molecule has 0 heterocycles. The van der Waals surface area contributed by atoms with Gasteiger partial charge in [-0.3, -0.25) is 9.59 Å². The maximum Gasteiger partial charge on any atom is 0.196 e. The molecule has 168 valence electrons. The molecule has 6 nitrogen and oxygen atoms in total. The third-order valence-corrected chi connectivity index (χ3v) is 5.83. The van der Waals surface area contributed by atoms with Crippen molar-refractivity contribution in [1.82, 2.24) is 0 Å². The molecule has 4 aromatic carbocycles. The van der Waals surface area contributed by atoms with E-state index < -0.39 is 0 Å². The average Bonchev–Trinajstić information content (AvgIpc) is 2.88. The lowest BCUT2D eigenvalue weighted by Crippen LogP contribution is -2.23. The van der Waals surface area contributed by atoms with E-state index >= 15 is 0 Å². The summed E-state index contributed by atoms with van der Waals surface area (Å²) < 4.78 is 10.9. The van der Waals surface area contributed by atoms with Crippen molar-refractivity contribution in [2.45, 2.75) is 0 Å². The first kappa shape index (κ1) is 21.3. The van der Waals surface area contributed by atoms with Gasteiger partial charge < -0.3 is 20.1 Å². The topological polar surface area (TPSA) is 76.7 Å². The van der Waals surface area contributed by atoms with E-state index in [-0.39, 0.29) is 11.6 Å². The molecule has 0 aliphatic heterocycles. The van der Waals surface area contributed by atoms with Gasteiger partial charge in [0.1, 0.15) is 11.5 Å². The van der Waals surface area contributed by atoms with Crippen LogP contribution in [0.15, 0.2) is 84.9 Å². The number of ether oxygens (including phenoxy) is 2. The Labute approximate surface area is 197 Å². The number of carbonyl (C=O) groups excluding carboxylic acids is 2. The monoisotopic (exact) mass is 450 g/mol. The normalized spacial score (nSPS) is 11.9. The summed E-state index contributed by atoms with van der Waals surface area (Å²) in [5.74, 6) is 0.822. The molecule has 0 amide bonds. The molecular weight excluding hydrogens is 428 g/mol. The Morgan fingerprint density at radius 1 is 0.500 bits per heavy atom. The zero-order valence-electron chi connectivity index (χ0n) is 18.7. The summed E-state index contributed by atoms with van der Waals surface area (Å²) in [4.78, 5) is 27.3. The standard InChI is InChI=1S/C28H22N2O4/c1-33-23-13-7-5-11-19(23)29-21-15-16-22(30-20-12-6-8-14-24(20)34-2)26-25(21)27(31)17-9-3-4-10-18(17)28(26)32/h3-16,29-30H,1-2H3. The Morgan fingerprint density at radius 3 is 1.29 bits per heavy atom. The molecule has 0 unspecified atom stereocenters. The van der Waals surface area contributed by atoms with Gasteiger partial charge in [0.25, 0.3) is 0 Å². The number of fused-ring (bicyclic) bond motifs is 2. The summed E-state index contributed by atoms with van der Waals surface area (Å²) in [6, 6.07) is 25.3. The number of benzene rings is 4. The summed E-state index contributed by atoms with van der Waals surface area (Å²) in [5, 5.41) is 6.59. The molecule has 0 saturated heterocycles. The molecule has 0 fully saturated rings. The molecule has 0 atom stereocenters. The second kappa shape index (κ2) is 8.75. The number of anilines is 4. The quantitative estimate of drug-likeness (QED) is 0.332. The first-order valence-electron chi connectivity index (χ1n) is 10.8. The molecule has 5 rings (SSSR count). The van der Waals surface area contributed by atoms with Crippen LogP contribution in [-0.4, -0.2) is 25.8 Å². The molecular formula is C28H22N2O4. The van der Waals surface area contributed by atoms with Crippen LogP contribution >= 0.6 is 0 Å². The van der Waals surface area contributed by atoms with Crippen LogP contribution in [0.25, 0.3) is 0 Å². The Kier molecular flexibility index (Phi) is 5.47. The lowest BCUT2D eigenvalue weighted by atomic mass is 9.82. The van der Waals surface area contributed by atoms with Gasteiger partial charge >= 0.3 is 0 Å². The molecule has 0 saturated carbocycles. The van der Waals surface area contributed by atoms with Crippen molar-refractivity contribution in [3.63, 3.8) is 0 Å². The van der Waals surface area contributed by atoms with Crippen LogP contribution in [-0.2, 0) is 0 Å². The highest BCUT2D eigenvalue weighted by Gasteiger charge is 2.34. The predicted molar refractivity (Wildman–Crippen MR) is 132 cm³/mol. The van der Waals surface area contributed by atoms with Crippen LogP contribution < -0.4 is 20.1 Å². The van der Waals surface area contributed by atoms with Crippen LogP contribution in [0.3, 0.4) is 0 Å². The molecule has 1 aliphatic carbocycles. The van der Waals surface area contributed by atoms with Crippen LogP contribution in [0, 0.1) is 0 Å². The molecule has 4 aromatic rings. The van der Waals surface area contributed by atoms with Gasteiger partial charge in [-0.1, -0.05) is 48.5 Å². The third kappa shape index (κ3) is 3.55. The van der Waals surface area contributed by atoms with Crippen LogP contribution in [0.2, 0.25) is 0 Å². The van der Waals surface area contributed by atoms with Crippen molar-refractivity contribution >= 4 is 34.3 Å². The number of para-hydroxylation sites is 4. The first-order valence-corrected chi connectivity index (χ1v) is 10.8. The Hall–Kier alpha value is -4.58. The van der Waals surface area contributed by atoms with Gasteiger partial charge in [0.05, 0.1) is 48.1 Å². The number of hydrogen-bond acceptors (Lipinski definition) is 6. The Balaban J connectivity index is 1.69. The summed E-state index contributed by atoms with van der Waals surface area (Å²) >= 11 is 0. The fraction of sp³-hybridized carbons (Fsp3) is 0.0714. The zero-order valence-corrected chi connectivity index (χ0v) is 18.7. The lowest BCUT2D eigenvalue weighted by molar-refractivity contribution is 0.0980. The van der Waals surface area contributed by atoms with Gasteiger partial charge in [0, 0.05) is 11.1 Å². The van der Waals surface area contributed by atoms with Gasteiger partial charge in [0.15, 0.2) is 11.6 Å². The minimum atomic E-state index is -0.216. The number of methoxy groups -OCH3 is 2. The van der Waals surface area contributed by atoms with Crippen molar-refractivity contribution < 1.29 is 19.1 Å². The summed E-state index contributed by atoms with van der Waals surface area (Å²) in [5.41, 5.74) is 3.84. The van der Waals surface area contributed by atoms with E-state index in [1.165, 1.54) is 0 Å². The van der Waals surface area contributed by atoms with E-state index in [4.69, 9.17) is 9.47 Å². The third-order valence-electron chi connectivity index (χ3n) is 5.83. The van der Waals surface area contributed by atoms with E-state index in [9.17, 15) is 9.59 Å². The fourth-order valence-electron chi connectivity index (χ4n) is 4.22. The predicted octanol–water partition coefficient (Wildman–Crippen LogP) is 5.97. The zero-order chi connectivity index (χ0) is 23.7. The molecule has 0 radical (unpaired) electrons. The second-order valence-electron chi connectivity index (χ2n) is 7.77. The van der Waals surface area contributed by atoms with Gasteiger partial charge in [0.2, 0.25) is 0 Å². The number of ketones is 2. The molecule has 1 aliphatic rings. The SMILES string of the molecule is COc1ccccc1Nc1ccc(Nc2ccccc2OC)c2c1C(=O)c1ccccc1C2=O. The van der Waals surface area contributed by atoms with Gasteiger partial charge in [-0.2, -0.15) is 0 Å². The first-order chi connectivity index (χ1) is 16.6. The van der Waals surface area contributed by atoms with Gasteiger partial charge in [-0.05, 0) is 36.4 Å². The fourth-order valence-corrected chi connectivity index (χ4v) is 4.22. The van der Waals surface area contributed by atoms with Crippen molar-refractivity contribution in [2.24, 2.45) is 0 Å². The van der Waals surface area contributed by atoms with E-state index in [0.29, 0.717) is 56.5 Å². The number of nitrogens with one attached hydrogen (secondary N) is 2. The maximum atomic E-state index is 13.7. The number of hydrogen-bond donors (Lipinski definition) is 2. The van der Waals surface area contributed by atoms with Crippen LogP contribution in [0.1, 0.15) is 31.8 Å². The molecule has 0 aromatic heterocycles. The van der Waals surface area contributed by atoms with E-state index in [0.717, 1.165) is 0 Å². The summed E-state index contributed by atoms with van der Waals surface area (Å²) in [6.07, 6.45) is 0. The van der Waals surface area contributed by atoms with Crippen LogP contribution in [0.5, 0.6) is 11.5 Å². The van der Waals surface area contributed by atoms with Crippen LogP contribution in [0.4, 0.5) is 22.7 Å². The molecule has 0 spiro atoms. The lowest BCUT2D eigenvalue weighted by Gasteiger charge is -2.24. The highest BCUT2D eigenvalue weighted by Crippen LogP contribution is 2.40. The number of rotatable bonds is 6. The molecule has 2 N–H and O–H groups in total.